The molecule has 2 aliphatic rings. The third kappa shape index (κ3) is 2.35. The highest BCUT2D eigenvalue weighted by Crippen LogP contribution is 2.42. The van der Waals surface area contributed by atoms with Crippen molar-refractivity contribution in [1.82, 2.24) is 0 Å². The Morgan fingerprint density at radius 2 is 2.15 bits per heavy atom. The highest BCUT2D eigenvalue weighted by Gasteiger charge is 2.40. The number of carbonyl (C=O) groups is 2. The molecule has 20 heavy (non-hydrogen) atoms. The van der Waals surface area contributed by atoms with Gasteiger partial charge in [0.15, 0.2) is 0 Å². The van der Waals surface area contributed by atoms with E-state index in [1.54, 1.807) is 18.3 Å². The van der Waals surface area contributed by atoms with E-state index >= 15 is 0 Å². The maximum atomic E-state index is 12.2. The van der Waals surface area contributed by atoms with E-state index in [9.17, 15) is 9.59 Å². The number of ether oxygens (including phenoxy) is 1. The van der Waals surface area contributed by atoms with Crippen LogP contribution in [0.4, 0.5) is 5.00 Å². The molecule has 0 bridgehead atoms. The van der Waals surface area contributed by atoms with Crippen molar-refractivity contribution >= 4 is 28.2 Å². The molecule has 1 heterocycles. The normalized spacial score (nSPS) is 23.3. The van der Waals surface area contributed by atoms with Crippen LogP contribution < -0.4 is 5.32 Å². The molecular formula is C15H19NO3S. The second-order valence-corrected chi connectivity index (χ2v) is 6.70. The molecule has 1 N–H and O–H groups in total. The van der Waals surface area contributed by atoms with Crippen LogP contribution in [0.1, 0.15) is 47.5 Å². The Balaban J connectivity index is 1.86. The molecule has 0 spiro atoms. The summed E-state index contributed by atoms with van der Waals surface area (Å²) >= 11 is 1.54. The number of aryl methyl sites for hydroxylation is 1. The third-order valence-electron chi connectivity index (χ3n) is 4.08. The van der Waals surface area contributed by atoms with Gasteiger partial charge >= 0.3 is 5.97 Å². The molecule has 1 amide bonds. The predicted molar refractivity (Wildman–Crippen MR) is 78.2 cm³/mol. The molecule has 1 saturated carbocycles. The van der Waals surface area contributed by atoms with Gasteiger partial charge in [-0.1, -0.05) is 6.92 Å². The maximum Gasteiger partial charge on any atom is 0.341 e. The van der Waals surface area contributed by atoms with Crippen LogP contribution in [0, 0.1) is 11.8 Å². The van der Waals surface area contributed by atoms with E-state index in [1.807, 2.05) is 0 Å². The minimum absolute atomic E-state index is 0.0444. The van der Waals surface area contributed by atoms with E-state index in [0.717, 1.165) is 31.2 Å². The standard InChI is InChI=1S/C15H19NO3S/c1-3-19-15(18)12-9-5-4-6-11(9)20-14(12)16-13(17)10-7-8(10)2/h8,10H,3-7H2,1-2H3,(H,16,17). The first kappa shape index (κ1) is 13.6. The lowest BCUT2D eigenvalue weighted by Crippen LogP contribution is -2.17. The van der Waals surface area contributed by atoms with Gasteiger partial charge in [0.05, 0.1) is 12.2 Å². The van der Waals surface area contributed by atoms with Crippen LogP contribution in [-0.2, 0) is 22.4 Å². The molecule has 0 saturated heterocycles. The molecule has 5 heteroatoms. The molecule has 1 fully saturated rings. The molecule has 1 aromatic rings. The van der Waals surface area contributed by atoms with Gasteiger partial charge in [-0.3, -0.25) is 4.79 Å². The summed E-state index contributed by atoms with van der Waals surface area (Å²) in [6.07, 6.45) is 3.95. The summed E-state index contributed by atoms with van der Waals surface area (Å²) < 4.78 is 5.15. The lowest BCUT2D eigenvalue weighted by Gasteiger charge is -2.07. The van der Waals surface area contributed by atoms with Crippen LogP contribution >= 0.6 is 11.3 Å². The molecular weight excluding hydrogens is 274 g/mol. The van der Waals surface area contributed by atoms with E-state index in [4.69, 9.17) is 4.74 Å². The van der Waals surface area contributed by atoms with Gasteiger partial charge in [-0.05, 0) is 44.1 Å². The van der Waals surface area contributed by atoms with E-state index < -0.39 is 0 Å². The van der Waals surface area contributed by atoms with Gasteiger partial charge in [-0.25, -0.2) is 4.79 Å². The van der Waals surface area contributed by atoms with Gasteiger partial charge in [-0.2, -0.15) is 0 Å². The van der Waals surface area contributed by atoms with Gasteiger partial charge in [-0.15, -0.1) is 11.3 Å². The second-order valence-electron chi connectivity index (χ2n) is 5.59. The number of nitrogens with one attached hydrogen (secondary N) is 1. The Kier molecular flexibility index (Phi) is 3.54. The minimum atomic E-state index is -0.300. The fourth-order valence-electron chi connectivity index (χ4n) is 2.80. The SMILES string of the molecule is CCOC(=O)c1c(NC(=O)C2CC2C)sc2c1CCC2. The molecule has 1 aromatic heterocycles. The Labute approximate surface area is 122 Å². The number of hydrogen-bond donors (Lipinski definition) is 1. The van der Waals surface area contributed by atoms with Crippen molar-refractivity contribution in [1.29, 1.82) is 0 Å². The summed E-state index contributed by atoms with van der Waals surface area (Å²) in [5.41, 5.74) is 1.69. The van der Waals surface area contributed by atoms with Gasteiger partial charge < -0.3 is 10.1 Å². The van der Waals surface area contributed by atoms with Crippen LogP contribution in [0.5, 0.6) is 0 Å². The number of fused-ring (bicyclic) bond motifs is 1. The van der Waals surface area contributed by atoms with Crippen LogP contribution in [0.2, 0.25) is 0 Å². The Morgan fingerprint density at radius 1 is 1.40 bits per heavy atom. The van der Waals surface area contributed by atoms with Gasteiger partial charge in [0.1, 0.15) is 5.00 Å². The average Bonchev–Trinajstić information content (AvgIpc) is 2.82. The average molecular weight is 293 g/mol. The fourth-order valence-corrected chi connectivity index (χ4v) is 4.08. The van der Waals surface area contributed by atoms with Crippen LogP contribution in [0.3, 0.4) is 0 Å². The number of thiophene rings is 1. The molecule has 0 aliphatic heterocycles. The van der Waals surface area contributed by atoms with Gasteiger partial charge in [0.2, 0.25) is 5.91 Å². The third-order valence-corrected chi connectivity index (χ3v) is 5.29. The molecule has 2 atom stereocenters. The zero-order valence-electron chi connectivity index (χ0n) is 11.8. The number of hydrogen-bond acceptors (Lipinski definition) is 4. The van der Waals surface area contributed by atoms with Crippen molar-refractivity contribution in [3.8, 4) is 0 Å². The van der Waals surface area contributed by atoms with Crippen LogP contribution in [0.25, 0.3) is 0 Å². The quantitative estimate of drug-likeness (QED) is 0.868. The van der Waals surface area contributed by atoms with E-state index in [2.05, 4.69) is 12.2 Å². The smallest absolute Gasteiger partial charge is 0.341 e. The van der Waals surface area contributed by atoms with Crippen molar-refractivity contribution in [2.24, 2.45) is 11.8 Å². The highest BCUT2D eigenvalue weighted by atomic mass is 32.1. The Bertz CT molecular complexity index is 564. The predicted octanol–water partition coefficient (Wildman–Crippen LogP) is 3.01. The largest absolute Gasteiger partial charge is 0.462 e. The molecule has 4 nitrogen and oxygen atoms in total. The number of esters is 1. The first-order valence-corrected chi connectivity index (χ1v) is 8.06. The fraction of sp³-hybridized carbons (Fsp3) is 0.600. The van der Waals surface area contributed by atoms with Gasteiger partial charge in [0.25, 0.3) is 0 Å². The van der Waals surface area contributed by atoms with Crippen LogP contribution in [-0.4, -0.2) is 18.5 Å². The number of rotatable bonds is 4. The summed E-state index contributed by atoms with van der Waals surface area (Å²) in [7, 11) is 0. The molecule has 0 aromatic carbocycles. The van der Waals surface area contributed by atoms with E-state index in [1.165, 1.54) is 4.88 Å². The van der Waals surface area contributed by atoms with Crippen molar-refractivity contribution in [2.45, 2.75) is 39.5 Å². The zero-order valence-corrected chi connectivity index (χ0v) is 12.6. The van der Waals surface area contributed by atoms with Crippen molar-refractivity contribution < 1.29 is 14.3 Å². The minimum Gasteiger partial charge on any atom is -0.462 e. The Hall–Kier alpha value is -1.36. The molecule has 0 radical (unpaired) electrons. The summed E-state index contributed by atoms with van der Waals surface area (Å²) in [5, 5.41) is 3.64. The highest BCUT2D eigenvalue weighted by molar-refractivity contribution is 7.17. The summed E-state index contributed by atoms with van der Waals surface area (Å²) in [6, 6.07) is 0. The van der Waals surface area contributed by atoms with Crippen molar-refractivity contribution in [2.75, 3.05) is 11.9 Å². The number of amides is 1. The first-order valence-electron chi connectivity index (χ1n) is 7.24. The van der Waals surface area contributed by atoms with E-state index in [-0.39, 0.29) is 17.8 Å². The second kappa shape index (κ2) is 5.20. The molecule has 2 unspecified atom stereocenters. The summed E-state index contributed by atoms with van der Waals surface area (Å²) in [6.45, 7) is 4.23. The van der Waals surface area contributed by atoms with Crippen molar-refractivity contribution in [3.05, 3.63) is 16.0 Å². The van der Waals surface area contributed by atoms with Gasteiger partial charge in [0, 0.05) is 10.8 Å². The monoisotopic (exact) mass is 293 g/mol. The molecule has 108 valence electrons. The van der Waals surface area contributed by atoms with E-state index in [0.29, 0.717) is 23.1 Å². The molecule has 2 aliphatic carbocycles. The summed E-state index contributed by atoms with van der Waals surface area (Å²) in [5.74, 6) is 0.323. The Morgan fingerprint density at radius 3 is 2.80 bits per heavy atom. The number of anilines is 1. The van der Waals surface area contributed by atoms with Crippen LogP contribution in [0.15, 0.2) is 0 Å². The van der Waals surface area contributed by atoms with Crippen molar-refractivity contribution in [3.63, 3.8) is 0 Å². The molecule has 3 rings (SSSR count). The first-order chi connectivity index (χ1) is 9.61. The number of carbonyl (C=O) groups excluding carboxylic acids is 2. The lowest BCUT2D eigenvalue weighted by molar-refractivity contribution is -0.117. The zero-order chi connectivity index (χ0) is 14.3. The topological polar surface area (TPSA) is 55.4 Å². The maximum absolute atomic E-state index is 12.2. The lowest BCUT2D eigenvalue weighted by atomic mass is 10.1. The summed E-state index contributed by atoms with van der Waals surface area (Å²) in [4.78, 5) is 25.5.